The molecule has 2 aliphatic carbocycles. The first-order chi connectivity index (χ1) is 5.92. The van der Waals surface area contributed by atoms with Gasteiger partial charge in [-0.2, -0.15) is 0 Å². The first kappa shape index (κ1) is 8.59. The number of rotatable bonds is 1. The van der Waals surface area contributed by atoms with Crippen molar-refractivity contribution < 1.29 is 0 Å². The van der Waals surface area contributed by atoms with Gasteiger partial charge in [-0.3, -0.25) is 0 Å². The summed E-state index contributed by atoms with van der Waals surface area (Å²) in [5, 5.41) is 0. The molecule has 0 aromatic carbocycles. The van der Waals surface area contributed by atoms with E-state index >= 15 is 0 Å². The van der Waals surface area contributed by atoms with Crippen LogP contribution in [0.5, 0.6) is 0 Å². The summed E-state index contributed by atoms with van der Waals surface area (Å²) < 4.78 is 0. The molecule has 0 aromatic heterocycles. The molecule has 2 rings (SSSR count). The smallest absolute Gasteiger partial charge is 0.0358 e. The van der Waals surface area contributed by atoms with Crippen molar-refractivity contribution in [3.05, 3.63) is 0 Å². The predicted molar refractivity (Wildman–Crippen MR) is 53.1 cm³/mol. The summed E-state index contributed by atoms with van der Waals surface area (Å²) in [6, 6.07) is 0. The van der Waals surface area contributed by atoms with Crippen LogP contribution in [0.2, 0.25) is 0 Å². The van der Waals surface area contributed by atoms with E-state index < -0.39 is 0 Å². The van der Waals surface area contributed by atoms with Gasteiger partial charge in [-0.05, 0) is 24.2 Å². The highest BCUT2D eigenvalue weighted by Gasteiger charge is 2.33. The summed E-state index contributed by atoms with van der Waals surface area (Å²) in [7, 11) is 0. The van der Waals surface area contributed by atoms with Gasteiger partial charge in [-0.25, -0.2) is 0 Å². The minimum absolute atomic E-state index is 1.10. The number of fused-ring (bicyclic) bond motifs is 1. The van der Waals surface area contributed by atoms with Gasteiger partial charge in [-0.15, -0.1) is 0 Å². The lowest BCUT2D eigenvalue weighted by molar-refractivity contribution is 0.101. The third-order valence-corrected chi connectivity index (χ3v) is 4.25. The molecule has 2 saturated carbocycles. The molecule has 12 heavy (non-hydrogen) atoms. The molecule has 0 unspecified atom stereocenters. The fourth-order valence-electron chi connectivity index (χ4n) is 3.58. The third-order valence-electron chi connectivity index (χ3n) is 4.25. The molecule has 0 aliphatic heterocycles. The van der Waals surface area contributed by atoms with Crippen LogP contribution in [0, 0.1) is 17.8 Å². The van der Waals surface area contributed by atoms with Gasteiger partial charge in [-0.1, -0.05) is 51.9 Å². The van der Waals surface area contributed by atoms with Gasteiger partial charge in [0, 0.05) is 0 Å². The summed E-state index contributed by atoms with van der Waals surface area (Å²) in [5.41, 5.74) is 0. The van der Waals surface area contributed by atoms with Crippen molar-refractivity contribution in [1.82, 2.24) is 0 Å². The van der Waals surface area contributed by atoms with Gasteiger partial charge in [0.25, 0.3) is 0 Å². The van der Waals surface area contributed by atoms with Crippen molar-refractivity contribution in [3.8, 4) is 0 Å². The van der Waals surface area contributed by atoms with Crippen LogP contribution in [0.25, 0.3) is 0 Å². The monoisotopic (exact) mass is 166 g/mol. The molecule has 0 aromatic rings. The van der Waals surface area contributed by atoms with Crippen molar-refractivity contribution in [1.29, 1.82) is 0 Å². The van der Waals surface area contributed by atoms with E-state index in [2.05, 4.69) is 6.92 Å². The maximum Gasteiger partial charge on any atom is -0.0358 e. The van der Waals surface area contributed by atoms with E-state index in [0.29, 0.717) is 0 Å². The zero-order chi connectivity index (χ0) is 8.39. The first-order valence-corrected chi connectivity index (χ1v) is 5.92. The zero-order valence-electron chi connectivity index (χ0n) is 8.39. The molecule has 0 nitrogen and oxygen atoms in total. The molecule has 0 amide bonds. The van der Waals surface area contributed by atoms with Crippen LogP contribution in [0.1, 0.15) is 58.3 Å². The highest BCUT2D eigenvalue weighted by Crippen LogP contribution is 2.44. The molecular weight excluding hydrogens is 144 g/mol. The van der Waals surface area contributed by atoms with Crippen molar-refractivity contribution in [2.45, 2.75) is 58.3 Å². The Balaban J connectivity index is 1.99. The van der Waals surface area contributed by atoms with E-state index in [-0.39, 0.29) is 0 Å². The van der Waals surface area contributed by atoms with Crippen LogP contribution in [0.4, 0.5) is 0 Å². The van der Waals surface area contributed by atoms with Gasteiger partial charge in [0.1, 0.15) is 0 Å². The van der Waals surface area contributed by atoms with Gasteiger partial charge in [0.15, 0.2) is 0 Å². The summed E-state index contributed by atoms with van der Waals surface area (Å²) in [6.45, 7) is 2.39. The lowest BCUT2D eigenvalue weighted by Crippen LogP contribution is -2.30. The molecule has 70 valence electrons. The first-order valence-electron chi connectivity index (χ1n) is 5.92. The Hall–Kier alpha value is 0. The van der Waals surface area contributed by atoms with E-state index in [1.54, 1.807) is 19.3 Å². The Labute approximate surface area is 76.7 Å². The van der Waals surface area contributed by atoms with E-state index in [9.17, 15) is 0 Å². The van der Waals surface area contributed by atoms with E-state index in [4.69, 9.17) is 0 Å². The molecule has 0 saturated heterocycles. The maximum absolute atomic E-state index is 2.39. The fourth-order valence-corrected chi connectivity index (χ4v) is 3.58. The number of hydrogen-bond acceptors (Lipinski definition) is 0. The summed E-state index contributed by atoms with van der Waals surface area (Å²) in [5.74, 6) is 3.37. The SMILES string of the molecule is CC[C@@H]1CCC[C@@H]2CCCC[C@@H]21. The molecule has 3 atom stereocenters. The predicted octanol–water partition coefficient (Wildman–Crippen LogP) is 4.00. The van der Waals surface area contributed by atoms with Crippen molar-refractivity contribution in [3.63, 3.8) is 0 Å². The normalized spacial score (nSPS) is 42.2. The van der Waals surface area contributed by atoms with Gasteiger partial charge in [0.05, 0.1) is 0 Å². The van der Waals surface area contributed by atoms with Gasteiger partial charge >= 0.3 is 0 Å². The highest BCUT2D eigenvalue weighted by molar-refractivity contribution is 4.84. The average Bonchev–Trinajstić information content (AvgIpc) is 2.17. The van der Waals surface area contributed by atoms with Crippen LogP contribution >= 0.6 is 0 Å². The van der Waals surface area contributed by atoms with Crippen LogP contribution in [0.15, 0.2) is 0 Å². The molecule has 0 bridgehead atoms. The maximum atomic E-state index is 2.39. The number of hydrogen-bond donors (Lipinski definition) is 0. The van der Waals surface area contributed by atoms with E-state index in [1.807, 2.05) is 0 Å². The Morgan fingerprint density at radius 1 is 0.917 bits per heavy atom. The van der Waals surface area contributed by atoms with Crippen LogP contribution in [-0.2, 0) is 0 Å². The minimum atomic E-state index is 1.10. The minimum Gasteiger partial charge on any atom is -0.0651 e. The molecule has 0 radical (unpaired) electrons. The highest BCUT2D eigenvalue weighted by atomic mass is 14.4. The largest absolute Gasteiger partial charge is 0.0651 e. The lowest BCUT2D eigenvalue weighted by atomic mass is 9.65. The van der Waals surface area contributed by atoms with Crippen LogP contribution in [0.3, 0.4) is 0 Å². The van der Waals surface area contributed by atoms with Gasteiger partial charge < -0.3 is 0 Å². The second-order valence-corrected chi connectivity index (χ2v) is 4.81. The molecule has 2 fully saturated rings. The van der Waals surface area contributed by atoms with Crippen LogP contribution in [-0.4, -0.2) is 0 Å². The Morgan fingerprint density at radius 2 is 1.67 bits per heavy atom. The fraction of sp³-hybridized carbons (Fsp3) is 1.00. The molecular formula is C12H22. The quantitative estimate of drug-likeness (QED) is 0.552. The topological polar surface area (TPSA) is 0 Å². The molecule has 0 spiro atoms. The Bertz CT molecular complexity index is 130. The molecule has 0 N–H and O–H groups in total. The molecule has 0 heteroatoms. The molecule has 2 aliphatic rings. The summed E-state index contributed by atoms with van der Waals surface area (Å²) in [6.07, 6.45) is 12.2. The second-order valence-electron chi connectivity index (χ2n) is 4.81. The Morgan fingerprint density at radius 3 is 2.50 bits per heavy atom. The van der Waals surface area contributed by atoms with E-state index in [1.165, 1.54) is 32.1 Å². The summed E-state index contributed by atoms with van der Waals surface area (Å²) in [4.78, 5) is 0. The standard InChI is InChI=1S/C12H22/c1-2-10-7-5-8-11-6-3-4-9-12(10)11/h10-12H,2-9H2,1H3/t10-,11+,12-/m1/s1. The van der Waals surface area contributed by atoms with Crippen molar-refractivity contribution >= 4 is 0 Å². The van der Waals surface area contributed by atoms with Gasteiger partial charge in [0.2, 0.25) is 0 Å². The van der Waals surface area contributed by atoms with Crippen molar-refractivity contribution in [2.24, 2.45) is 17.8 Å². The summed E-state index contributed by atoms with van der Waals surface area (Å²) >= 11 is 0. The lowest BCUT2D eigenvalue weighted by Gasteiger charge is -2.41. The van der Waals surface area contributed by atoms with Crippen molar-refractivity contribution in [2.75, 3.05) is 0 Å². The van der Waals surface area contributed by atoms with E-state index in [0.717, 1.165) is 17.8 Å². The Kier molecular flexibility index (Phi) is 2.73. The zero-order valence-corrected chi connectivity index (χ0v) is 8.39. The molecule has 0 heterocycles. The van der Waals surface area contributed by atoms with Crippen LogP contribution < -0.4 is 0 Å². The third kappa shape index (κ3) is 1.53. The second kappa shape index (κ2) is 3.81. The average molecular weight is 166 g/mol.